The summed E-state index contributed by atoms with van der Waals surface area (Å²) in [7, 11) is 0. The van der Waals surface area contributed by atoms with Gasteiger partial charge < -0.3 is 15.0 Å². The fourth-order valence-electron chi connectivity index (χ4n) is 2.66. The number of carbonyl (C=O) groups is 1. The second kappa shape index (κ2) is 6.89. The van der Waals surface area contributed by atoms with E-state index in [0.717, 1.165) is 19.6 Å². The molecule has 20 heavy (non-hydrogen) atoms. The van der Waals surface area contributed by atoms with Crippen molar-refractivity contribution in [1.82, 2.24) is 10.2 Å². The van der Waals surface area contributed by atoms with Crippen LogP contribution in [0.5, 0.6) is 0 Å². The molecule has 1 N–H and O–H groups in total. The lowest BCUT2D eigenvalue weighted by atomic mass is 9.87. The van der Waals surface area contributed by atoms with Gasteiger partial charge in [0.25, 0.3) is 0 Å². The normalized spacial score (nSPS) is 24.6. The second-order valence-electron chi connectivity index (χ2n) is 5.41. The van der Waals surface area contributed by atoms with E-state index in [1.807, 2.05) is 4.90 Å². The summed E-state index contributed by atoms with van der Waals surface area (Å²) in [5, 5.41) is 7.40. The number of thiophene rings is 1. The molecule has 6 heteroatoms. The summed E-state index contributed by atoms with van der Waals surface area (Å²) in [6, 6.07) is 2.09. The zero-order valence-electron chi connectivity index (χ0n) is 11.6. The Labute approximate surface area is 129 Å². The van der Waals surface area contributed by atoms with E-state index < -0.39 is 0 Å². The zero-order chi connectivity index (χ0) is 13.2. The van der Waals surface area contributed by atoms with Crippen molar-refractivity contribution in [2.75, 3.05) is 32.8 Å². The van der Waals surface area contributed by atoms with Crippen molar-refractivity contribution in [3.05, 3.63) is 22.4 Å². The number of carbonyl (C=O) groups excluding carboxylic acids is 1. The van der Waals surface area contributed by atoms with Crippen LogP contribution in [0.25, 0.3) is 0 Å². The Bertz CT molecular complexity index is 436. The fraction of sp³-hybridized carbons (Fsp3) is 0.643. The molecular formula is C14H21ClN2O2S. The highest BCUT2D eigenvalue weighted by Crippen LogP contribution is 2.26. The van der Waals surface area contributed by atoms with Gasteiger partial charge in [0.1, 0.15) is 6.10 Å². The van der Waals surface area contributed by atoms with E-state index >= 15 is 0 Å². The molecule has 0 aromatic carbocycles. The van der Waals surface area contributed by atoms with Gasteiger partial charge in [-0.1, -0.05) is 6.92 Å². The molecule has 2 fully saturated rings. The number of nitrogens with one attached hydrogen (secondary N) is 1. The van der Waals surface area contributed by atoms with Gasteiger partial charge in [0.2, 0.25) is 5.91 Å². The predicted molar refractivity (Wildman–Crippen MR) is 82.4 cm³/mol. The highest BCUT2D eigenvalue weighted by Gasteiger charge is 2.34. The Balaban J connectivity index is 0.00000147. The molecule has 1 amide bonds. The molecule has 3 rings (SSSR count). The summed E-state index contributed by atoms with van der Waals surface area (Å²) in [5.41, 5.74) is 1.19. The Morgan fingerprint density at radius 3 is 2.95 bits per heavy atom. The molecule has 0 radical (unpaired) electrons. The van der Waals surface area contributed by atoms with Gasteiger partial charge in [-0.15, -0.1) is 12.4 Å². The van der Waals surface area contributed by atoms with E-state index in [2.05, 4.69) is 29.1 Å². The van der Waals surface area contributed by atoms with E-state index in [0.29, 0.717) is 19.1 Å². The van der Waals surface area contributed by atoms with Gasteiger partial charge in [0, 0.05) is 12.5 Å². The Hall–Kier alpha value is -0.620. The molecule has 2 aliphatic rings. The molecule has 112 valence electrons. The Morgan fingerprint density at radius 2 is 2.35 bits per heavy atom. The second-order valence-corrected chi connectivity index (χ2v) is 6.19. The van der Waals surface area contributed by atoms with Crippen molar-refractivity contribution in [3.8, 4) is 0 Å². The minimum atomic E-state index is 0. The maximum absolute atomic E-state index is 12.5. The largest absolute Gasteiger partial charge is 0.370 e. The van der Waals surface area contributed by atoms with Crippen molar-refractivity contribution in [2.24, 2.45) is 11.8 Å². The van der Waals surface area contributed by atoms with E-state index in [1.165, 1.54) is 5.56 Å². The van der Waals surface area contributed by atoms with Gasteiger partial charge in [0.15, 0.2) is 0 Å². The van der Waals surface area contributed by atoms with Crippen LogP contribution in [0.3, 0.4) is 0 Å². The van der Waals surface area contributed by atoms with Gasteiger partial charge in [-0.05, 0) is 41.4 Å². The Morgan fingerprint density at radius 1 is 1.55 bits per heavy atom. The van der Waals surface area contributed by atoms with Crippen molar-refractivity contribution in [1.29, 1.82) is 0 Å². The topological polar surface area (TPSA) is 41.6 Å². The number of hydrogen-bond donors (Lipinski definition) is 1. The molecule has 2 aliphatic heterocycles. The first-order valence-corrected chi connectivity index (χ1v) is 7.83. The molecule has 0 saturated carbocycles. The molecule has 2 atom stereocenters. The first kappa shape index (κ1) is 15.8. The first-order valence-electron chi connectivity index (χ1n) is 6.89. The fourth-order valence-corrected chi connectivity index (χ4v) is 3.37. The zero-order valence-corrected chi connectivity index (χ0v) is 13.2. The molecule has 0 bridgehead atoms. The number of rotatable bonds is 3. The van der Waals surface area contributed by atoms with E-state index in [4.69, 9.17) is 4.74 Å². The smallest absolute Gasteiger partial charge is 0.225 e. The van der Waals surface area contributed by atoms with Crippen molar-refractivity contribution in [2.45, 2.75) is 13.0 Å². The number of morpholine rings is 1. The molecule has 1 aromatic rings. The van der Waals surface area contributed by atoms with Gasteiger partial charge >= 0.3 is 0 Å². The molecule has 2 saturated heterocycles. The van der Waals surface area contributed by atoms with Gasteiger partial charge in [-0.3, -0.25) is 4.79 Å². The average Bonchev–Trinajstić information content (AvgIpc) is 2.90. The van der Waals surface area contributed by atoms with Crippen LogP contribution in [0, 0.1) is 11.8 Å². The van der Waals surface area contributed by atoms with E-state index in [9.17, 15) is 4.79 Å². The lowest BCUT2D eigenvalue weighted by Gasteiger charge is -2.38. The average molecular weight is 317 g/mol. The summed E-state index contributed by atoms with van der Waals surface area (Å²) in [5.74, 6) is 0.924. The standard InChI is InChI=1S/C14H20N2O2S.ClH/c1-10(12-6-15-7-12)14(17)16-3-4-18-13(8-16)11-2-5-19-9-11;/h2,5,9-10,12-13,15H,3-4,6-8H2,1H3;1H. The maximum Gasteiger partial charge on any atom is 0.225 e. The SMILES string of the molecule is CC(C(=O)N1CCOC(c2ccsc2)C1)C1CNC1.Cl. The van der Waals surface area contributed by atoms with Crippen LogP contribution in [0.2, 0.25) is 0 Å². The summed E-state index contributed by atoms with van der Waals surface area (Å²) >= 11 is 1.68. The van der Waals surface area contributed by atoms with Crippen LogP contribution in [-0.2, 0) is 9.53 Å². The van der Waals surface area contributed by atoms with Gasteiger partial charge in [0.05, 0.1) is 13.2 Å². The minimum absolute atomic E-state index is 0. The van der Waals surface area contributed by atoms with Gasteiger partial charge in [-0.2, -0.15) is 11.3 Å². The summed E-state index contributed by atoms with van der Waals surface area (Å²) < 4.78 is 5.78. The monoisotopic (exact) mass is 316 g/mol. The highest BCUT2D eigenvalue weighted by atomic mass is 35.5. The lowest BCUT2D eigenvalue weighted by Crippen LogP contribution is -2.52. The van der Waals surface area contributed by atoms with Gasteiger partial charge in [-0.25, -0.2) is 0 Å². The number of halogens is 1. The predicted octanol–water partition coefficient (Wildman–Crippen LogP) is 1.93. The summed E-state index contributed by atoms with van der Waals surface area (Å²) in [6.45, 7) is 6.07. The third kappa shape index (κ3) is 3.17. The van der Waals surface area contributed by atoms with E-state index in [-0.39, 0.29) is 30.3 Å². The summed E-state index contributed by atoms with van der Waals surface area (Å²) in [6.07, 6.45) is 0.0515. The van der Waals surface area contributed by atoms with Crippen molar-refractivity contribution in [3.63, 3.8) is 0 Å². The van der Waals surface area contributed by atoms with Crippen molar-refractivity contribution >= 4 is 29.7 Å². The number of nitrogens with zero attached hydrogens (tertiary/aromatic N) is 1. The molecule has 0 spiro atoms. The third-order valence-corrected chi connectivity index (χ3v) is 4.90. The molecule has 4 nitrogen and oxygen atoms in total. The van der Waals surface area contributed by atoms with E-state index in [1.54, 1.807) is 11.3 Å². The number of hydrogen-bond acceptors (Lipinski definition) is 4. The summed E-state index contributed by atoms with van der Waals surface area (Å²) in [4.78, 5) is 14.5. The van der Waals surface area contributed by atoms with Crippen LogP contribution in [0.1, 0.15) is 18.6 Å². The highest BCUT2D eigenvalue weighted by molar-refractivity contribution is 7.07. The molecule has 1 aromatic heterocycles. The maximum atomic E-state index is 12.5. The lowest BCUT2D eigenvalue weighted by molar-refractivity contribution is -0.145. The Kier molecular flexibility index (Phi) is 5.43. The number of ether oxygens (including phenoxy) is 1. The molecular weight excluding hydrogens is 296 g/mol. The third-order valence-electron chi connectivity index (χ3n) is 4.20. The first-order chi connectivity index (χ1) is 9.25. The molecule has 2 unspecified atom stereocenters. The van der Waals surface area contributed by atoms with Crippen LogP contribution < -0.4 is 5.32 Å². The molecule has 3 heterocycles. The quantitative estimate of drug-likeness (QED) is 0.926. The van der Waals surface area contributed by atoms with Crippen LogP contribution in [0.4, 0.5) is 0 Å². The minimum Gasteiger partial charge on any atom is -0.370 e. The number of amides is 1. The van der Waals surface area contributed by atoms with Crippen LogP contribution >= 0.6 is 23.7 Å². The van der Waals surface area contributed by atoms with Crippen LogP contribution in [0.15, 0.2) is 16.8 Å². The van der Waals surface area contributed by atoms with Crippen LogP contribution in [-0.4, -0.2) is 43.6 Å². The van der Waals surface area contributed by atoms with Crippen molar-refractivity contribution < 1.29 is 9.53 Å². The molecule has 0 aliphatic carbocycles.